The van der Waals surface area contributed by atoms with E-state index in [0.29, 0.717) is 4.68 Å². The number of fused-ring (bicyclic) bond motifs is 1. The van der Waals surface area contributed by atoms with Crippen molar-refractivity contribution in [3.8, 4) is 0 Å². The molecule has 0 aliphatic rings. The van der Waals surface area contributed by atoms with Crippen LogP contribution < -0.4 is 0 Å². The summed E-state index contributed by atoms with van der Waals surface area (Å²) in [4.78, 5) is 34.7. The van der Waals surface area contributed by atoms with Gasteiger partial charge in [-0.2, -0.15) is 0 Å². The molecule has 0 atom stereocenters. The van der Waals surface area contributed by atoms with Crippen LogP contribution in [0.1, 0.15) is 11.1 Å². The zero-order chi connectivity index (χ0) is 15.0. The topological polar surface area (TPSA) is 147 Å². The third-order valence-corrected chi connectivity index (χ3v) is 2.82. The summed E-state index contributed by atoms with van der Waals surface area (Å²) in [5.74, 6) is 0. The minimum atomic E-state index is -0.815. The molecule has 11 heteroatoms. The van der Waals surface area contributed by atoms with E-state index in [9.17, 15) is 30.3 Å². The van der Waals surface area contributed by atoms with Gasteiger partial charge in [0.2, 0.25) is 6.54 Å². The fraction of sp³-hybridized carbons (Fsp3) is 0.222. The number of benzene rings is 1. The second kappa shape index (κ2) is 4.53. The summed E-state index contributed by atoms with van der Waals surface area (Å²) < 4.78 is 0.491. The first-order valence-electron chi connectivity index (χ1n) is 5.23. The smallest absolute Gasteiger partial charge is 0.264 e. The number of rotatable bonds is 4. The molecule has 1 aromatic heterocycles. The van der Waals surface area contributed by atoms with E-state index in [1.807, 2.05) is 0 Å². The molecule has 104 valence electrons. The van der Waals surface area contributed by atoms with Crippen LogP contribution in [-0.4, -0.2) is 24.5 Å². The lowest BCUT2D eigenvalue weighted by molar-refractivity contribution is -0.538. The highest BCUT2D eigenvalue weighted by Crippen LogP contribution is 2.31. The molecular formula is C9H7N5O6. The van der Waals surface area contributed by atoms with Gasteiger partial charge in [-0.1, -0.05) is 0 Å². The molecular weight excluding hydrogens is 274 g/mol. The molecule has 11 nitrogen and oxygen atoms in total. The standard InChI is InChI=1S/C9H7N5O6/c1-5-6(3-12(15)16)2-7-8(9(5)13(17)18)10-4-11(7)14(19)20/h2,4H,3H2,1H3. The maximum atomic E-state index is 11.1. The monoisotopic (exact) mass is 281 g/mol. The van der Waals surface area contributed by atoms with E-state index < -0.39 is 27.1 Å². The highest BCUT2D eigenvalue weighted by atomic mass is 16.7. The molecule has 2 aromatic rings. The fourth-order valence-corrected chi connectivity index (χ4v) is 1.93. The van der Waals surface area contributed by atoms with Crippen LogP contribution in [0.3, 0.4) is 0 Å². The van der Waals surface area contributed by atoms with Crippen LogP contribution >= 0.6 is 0 Å². The van der Waals surface area contributed by atoms with Gasteiger partial charge in [0.1, 0.15) is 5.52 Å². The first-order valence-corrected chi connectivity index (χ1v) is 5.23. The maximum Gasteiger partial charge on any atom is 0.300 e. The first-order chi connectivity index (χ1) is 9.32. The highest BCUT2D eigenvalue weighted by Gasteiger charge is 2.27. The summed E-state index contributed by atoms with van der Waals surface area (Å²) >= 11 is 0. The fourth-order valence-electron chi connectivity index (χ4n) is 1.93. The number of nitro benzene ring substituents is 1. The van der Waals surface area contributed by atoms with Gasteiger partial charge >= 0.3 is 5.69 Å². The molecule has 0 aliphatic carbocycles. The van der Waals surface area contributed by atoms with E-state index in [0.717, 1.165) is 6.33 Å². The Bertz CT molecular complexity index is 751. The van der Waals surface area contributed by atoms with E-state index in [-0.39, 0.29) is 22.2 Å². The molecule has 0 saturated carbocycles. The SMILES string of the molecule is Cc1c(C[N+](=O)[O-])cc2c(ncn2[N+](=O)[O-])c1[N+](=O)[O-]. The van der Waals surface area contributed by atoms with Gasteiger partial charge in [-0.3, -0.25) is 20.2 Å². The van der Waals surface area contributed by atoms with Crippen molar-refractivity contribution in [2.24, 2.45) is 0 Å². The quantitative estimate of drug-likeness (QED) is 0.601. The summed E-state index contributed by atoms with van der Waals surface area (Å²) in [5, 5.41) is 31.6. The largest absolute Gasteiger partial charge is 0.300 e. The minimum absolute atomic E-state index is 0.0396. The van der Waals surface area contributed by atoms with Gasteiger partial charge in [-0.05, 0) is 17.7 Å². The molecule has 1 heterocycles. The van der Waals surface area contributed by atoms with Crippen molar-refractivity contribution >= 4 is 16.7 Å². The second-order valence-electron chi connectivity index (χ2n) is 3.95. The molecule has 1 aromatic carbocycles. The van der Waals surface area contributed by atoms with Crippen LogP contribution in [0.5, 0.6) is 0 Å². The van der Waals surface area contributed by atoms with E-state index in [1.165, 1.54) is 13.0 Å². The van der Waals surface area contributed by atoms with Gasteiger partial charge in [0.05, 0.1) is 4.92 Å². The van der Waals surface area contributed by atoms with Gasteiger partial charge in [-0.15, -0.1) is 0 Å². The molecule has 0 amide bonds. The predicted octanol–water partition coefficient (Wildman–Crippen LogP) is 1.07. The molecule has 0 bridgehead atoms. The molecule has 0 fully saturated rings. The molecule has 20 heavy (non-hydrogen) atoms. The first kappa shape index (κ1) is 13.3. The normalized spacial score (nSPS) is 10.7. The zero-order valence-corrected chi connectivity index (χ0v) is 10.0. The number of nitrogens with zero attached hydrogens (tertiary/aromatic N) is 5. The Kier molecular flexibility index (Phi) is 3.02. The summed E-state index contributed by atoms with van der Waals surface area (Å²) in [7, 11) is 0. The van der Waals surface area contributed by atoms with Crippen molar-refractivity contribution < 1.29 is 14.9 Å². The summed E-state index contributed by atoms with van der Waals surface area (Å²) in [6.45, 7) is 0.688. The Balaban J connectivity index is 2.85. The number of nitro groups is 3. The number of aromatic nitrogens is 2. The highest BCUT2D eigenvalue weighted by molar-refractivity contribution is 5.87. The van der Waals surface area contributed by atoms with Crippen molar-refractivity contribution in [3.05, 3.63) is 53.9 Å². The summed E-state index contributed by atoms with van der Waals surface area (Å²) in [6, 6.07) is 1.18. The molecule has 0 unspecified atom stereocenters. The average molecular weight is 281 g/mol. The van der Waals surface area contributed by atoms with Crippen LogP contribution in [-0.2, 0) is 6.54 Å². The van der Waals surface area contributed by atoms with Gasteiger partial charge < -0.3 is 0 Å². The van der Waals surface area contributed by atoms with E-state index in [2.05, 4.69) is 4.98 Å². The van der Waals surface area contributed by atoms with E-state index in [4.69, 9.17) is 0 Å². The van der Waals surface area contributed by atoms with Gasteiger partial charge in [0, 0.05) is 16.1 Å². The Morgan fingerprint density at radius 2 is 1.90 bits per heavy atom. The average Bonchev–Trinajstić information content (AvgIpc) is 2.71. The maximum absolute atomic E-state index is 11.1. The van der Waals surface area contributed by atoms with E-state index >= 15 is 0 Å². The van der Waals surface area contributed by atoms with Gasteiger partial charge in [0.25, 0.3) is 0 Å². The summed E-state index contributed by atoms with van der Waals surface area (Å²) in [5.41, 5.74) is -0.661. The minimum Gasteiger partial charge on any atom is -0.264 e. The Morgan fingerprint density at radius 1 is 1.25 bits per heavy atom. The van der Waals surface area contributed by atoms with Crippen LogP contribution in [0.4, 0.5) is 5.69 Å². The Hall–Kier alpha value is -3.11. The zero-order valence-electron chi connectivity index (χ0n) is 10.0. The lowest BCUT2D eigenvalue weighted by Crippen LogP contribution is -2.08. The third-order valence-electron chi connectivity index (χ3n) is 2.82. The van der Waals surface area contributed by atoms with Crippen molar-refractivity contribution in [2.45, 2.75) is 13.5 Å². The molecule has 0 radical (unpaired) electrons. The van der Waals surface area contributed by atoms with Gasteiger partial charge in [0.15, 0.2) is 16.9 Å². The van der Waals surface area contributed by atoms with Crippen LogP contribution in [0.15, 0.2) is 12.4 Å². The Morgan fingerprint density at radius 3 is 2.40 bits per heavy atom. The molecule has 0 aliphatic heterocycles. The van der Waals surface area contributed by atoms with Crippen LogP contribution in [0.25, 0.3) is 11.0 Å². The van der Waals surface area contributed by atoms with Gasteiger partial charge in [-0.25, -0.2) is 15.1 Å². The summed E-state index contributed by atoms with van der Waals surface area (Å²) in [6.07, 6.45) is 0.826. The van der Waals surface area contributed by atoms with Crippen molar-refractivity contribution in [1.29, 1.82) is 0 Å². The van der Waals surface area contributed by atoms with Crippen molar-refractivity contribution in [3.63, 3.8) is 0 Å². The number of hydrogen-bond donors (Lipinski definition) is 0. The molecule has 0 saturated heterocycles. The van der Waals surface area contributed by atoms with Crippen molar-refractivity contribution in [2.75, 3.05) is 0 Å². The predicted molar refractivity (Wildman–Crippen MR) is 64.2 cm³/mol. The lowest BCUT2D eigenvalue weighted by atomic mass is 10.1. The van der Waals surface area contributed by atoms with Crippen molar-refractivity contribution in [1.82, 2.24) is 9.66 Å². The Labute approximate surface area is 109 Å². The second-order valence-corrected chi connectivity index (χ2v) is 3.95. The molecule has 0 N–H and O–H groups in total. The number of imidazole rings is 1. The van der Waals surface area contributed by atoms with Crippen LogP contribution in [0.2, 0.25) is 0 Å². The molecule has 2 rings (SSSR count). The lowest BCUT2D eigenvalue weighted by Gasteiger charge is -2.03. The number of hydrogen-bond acceptors (Lipinski definition) is 7. The van der Waals surface area contributed by atoms with E-state index in [1.54, 1.807) is 0 Å². The van der Waals surface area contributed by atoms with Crippen LogP contribution in [0, 0.1) is 37.3 Å². The molecule has 0 spiro atoms. The third kappa shape index (κ3) is 2.00.